The molecule has 7 rings (SSSR count). The van der Waals surface area contributed by atoms with E-state index < -0.39 is 17.6 Å². The van der Waals surface area contributed by atoms with Crippen LogP contribution in [-0.2, 0) is 25.8 Å². The molecule has 3 N–H and O–H groups in total. The van der Waals surface area contributed by atoms with Gasteiger partial charge >= 0.3 is 6.18 Å². The molecule has 0 spiro atoms. The third-order valence-electron chi connectivity index (χ3n) is 10.5. The molecule has 2 saturated heterocycles. The molecule has 2 aliphatic rings. The van der Waals surface area contributed by atoms with Gasteiger partial charge in [-0.1, -0.05) is 6.07 Å². The van der Waals surface area contributed by atoms with Crippen LogP contribution >= 0.6 is 0 Å². The summed E-state index contributed by atoms with van der Waals surface area (Å²) in [5.41, 5.74) is 8.00. The monoisotopic (exact) mass is 780 g/mol. The lowest BCUT2D eigenvalue weighted by molar-refractivity contribution is -0.140. The van der Waals surface area contributed by atoms with Crippen LogP contribution in [0.1, 0.15) is 36.8 Å². The zero-order chi connectivity index (χ0) is 39.8. The molecular formula is C40H48F4N8O4. The lowest BCUT2D eigenvalue weighted by Crippen LogP contribution is -2.43. The Morgan fingerprint density at radius 2 is 1.23 bits per heavy atom. The van der Waals surface area contributed by atoms with Crippen molar-refractivity contribution in [1.29, 1.82) is 0 Å². The maximum atomic E-state index is 13.8. The first kappa shape index (κ1) is 40.8. The van der Waals surface area contributed by atoms with E-state index in [0.29, 0.717) is 43.5 Å². The largest absolute Gasteiger partial charge is 0.497 e. The molecule has 4 heterocycles. The predicted molar refractivity (Wildman–Crippen MR) is 206 cm³/mol. The van der Waals surface area contributed by atoms with Crippen LogP contribution in [0.3, 0.4) is 0 Å². The number of rotatable bonds is 11. The number of benzene rings is 3. The summed E-state index contributed by atoms with van der Waals surface area (Å²) in [4.78, 5) is 37.6. The molecule has 16 heteroatoms. The average molecular weight is 781 g/mol. The van der Waals surface area contributed by atoms with Gasteiger partial charge in [0.2, 0.25) is 0 Å². The van der Waals surface area contributed by atoms with E-state index in [0.717, 1.165) is 98.4 Å². The molecule has 0 unspecified atom stereocenters. The number of hydrogen-bond donors (Lipinski definition) is 2. The lowest BCUT2D eigenvalue weighted by atomic mass is 10.0. The van der Waals surface area contributed by atoms with Crippen molar-refractivity contribution in [2.45, 2.75) is 63.6 Å². The number of likely N-dealkylation sites (tertiary alicyclic amines) is 2. The molecule has 0 aliphatic carbocycles. The first-order valence-corrected chi connectivity index (χ1v) is 18.8. The number of halogens is 4. The van der Waals surface area contributed by atoms with Crippen LogP contribution in [0.25, 0.3) is 22.1 Å². The van der Waals surface area contributed by atoms with Gasteiger partial charge in [0.05, 0.1) is 54.2 Å². The smallest absolute Gasteiger partial charge is 0.419 e. The van der Waals surface area contributed by atoms with E-state index in [9.17, 15) is 27.2 Å². The van der Waals surface area contributed by atoms with Gasteiger partial charge in [0, 0.05) is 56.9 Å². The SMILES string of the molecule is COc1ccc2ncc(=O)n(CCN3CCC(N)CC3)c2c1.COc1ccc2ncc(=O)n(CCN3CCC(NCc4ccc(C(F)(F)F)c(F)c4)CC3)c2c1. The first-order chi connectivity index (χ1) is 26.9. The van der Waals surface area contributed by atoms with Crippen LogP contribution in [0.15, 0.2) is 76.6 Å². The Kier molecular flexibility index (Phi) is 13.4. The molecule has 12 nitrogen and oxygen atoms in total. The van der Waals surface area contributed by atoms with Crippen molar-refractivity contribution in [1.82, 2.24) is 34.2 Å². The second-order valence-corrected chi connectivity index (χ2v) is 14.2. The highest BCUT2D eigenvalue weighted by molar-refractivity contribution is 5.77. The fraction of sp³-hybridized carbons (Fsp3) is 0.450. The topological polar surface area (TPSA) is 133 Å². The second-order valence-electron chi connectivity index (χ2n) is 14.2. The molecule has 3 aromatic carbocycles. The summed E-state index contributed by atoms with van der Waals surface area (Å²) in [5, 5.41) is 3.31. The van der Waals surface area contributed by atoms with Crippen molar-refractivity contribution in [2.75, 3.05) is 53.5 Å². The zero-order valence-corrected chi connectivity index (χ0v) is 31.6. The quantitative estimate of drug-likeness (QED) is 0.183. The van der Waals surface area contributed by atoms with Crippen LogP contribution in [0.5, 0.6) is 11.5 Å². The molecule has 56 heavy (non-hydrogen) atoms. The fourth-order valence-electron chi connectivity index (χ4n) is 7.18. The molecule has 0 atom stereocenters. The predicted octanol–water partition coefficient (Wildman–Crippen LogP) is 4.65. The molecule has 0 amide bonds. The number of nitrogens with zero attached hydrogens (tertiary/aromatic N) is 6. The third-order valence-corrected chi connectivity index (χ3v) is 10.5. The van der Waals surface area contributed by atoms with Crippen molar-refractivity contribution < 1.29 is 27.0 Å². The Morgan fingerprint density at radius 3 is 1.70 bits per heavy atom. The minimum Gasteiger partial charge on any atom is -0.497 e. The number of ether oxygens (including phenoxy) is 2. The van der Waals surface area contributed by atoms with Gasteiger partial charge in [-0.25, -0.2) is 14.4 Å². The number of piperidine rings is 2. The van der Waals surface area contributed by atoms with Crippen molar-refractivity contribution in [3.05, 3.63) is 105 Å². The minimum absolute atomic E-state index is 0.0746. The molecule has 300 valence electrons. The van der Waals surface area contributed by atoms with Gasteiger partial charge < -0.3 is 39.5 Å². The van der Waals surface area contributed by atoms with E-state index in [4.69, 9.17) is 15.2 Å². The fourth-order valence-corrected chi connectivity index (χ4v) is 7.18. The highest BCUT2D eigenvalue weighted by Crippen LogP contribution is 2.31. The van der Waals surface area contributed by atoms with Crippen molar-refractivity contribution in [2.24, 2.45) is 5.73 Å². The van der Waals surface area contributed by atoms with Gasteiger partial charge in [0.1, 0.15) is 17.3 Å². The summed E-state index contributed by atoms with van der Waals surface area (Å²) in [5.74, 6) is 0.143. The number of hydrogen-bond acceptors (Lipinski definition) is 10. The normalized spacial score (nSPS) is 16.2. The maximum Gasteiger partial charge on any atom is 0.419 e. The molecule has 0 saturated carbocycles. The highest BCUT2D eigenvalue weighted by atomic mass is 19.4. The van der Waals surface area contributed by atoms with Crippen molar-refractivity contribution >= 4 is 22.1 Å². The Labute approximate surface area is 321 Å². The Morgan fingerprint density at radius 1 is 0.732 bits per heavy atom. The second kappa shape index (κ2) is 18.4. The molecule has 0 radical (unpaired) electrons. The summed E-state index contributed by atoms with van der Waals surface area (Å²) in [6.07, 6.45) is 1.78. The number of methoxy groups -OCH3 is 2. The number of nitrogens with one attached hydrogen (secondary N) is 1. The number of alkyl halides is 3. The molecule has 0 bridgehead atoms. The number of aromatic nitrogens is 4. The molecule has 2 aliphatic heterocycles. The van der Waals surface area contributed by atoms with Crippen LogP contribution in [0, 0.1) is 5.82 Å². The van der Waals surface area contributed by atoms with Gasteiger partial charge in [0.25, 0.3) is 11.1 Å². The maximum absolute atomic E-state index is 13.8. The Balaban J connectivity index is 0.000000208. The zero-order valence-electron chi connectivity index (χ0n) is 31.6. The van der Waals surface area contributed by atoms with E-state index in [1.165, 1.54) is 18.5 Å². The van der Waals surface area contributed by atoms with Gasteiger partial charge in [0.15, 0.2) is 0 Å². The summed E-state index contributed by atoms with van der Waals surface area (Å²) >= 11 is 0. The number of nitrogens with two attached hydrogens (primary N) is 1. The summed E-state index contributed by atoms with van der Waals surface area (Å²) in [7, 11) is 3.20. The number of fused-ring (bicyclic) bond motifs is 2. The average Bonchev–Trinajstić information content (AvgIpc) is 3.19. The van der Waals surface area contributed by atoms with E-state index in [1.807, 2.05) is 30.3 Å². The van der Waals surface area contributed by atoms with Crippen molar-refractivity contribution in [3.63, 3.8) is 0 Å². The first-order valence-electron chi connectivity index (χ1n) is 18.8. The summed E-state index contributed by atoms with van der Waals surface area (Å²) < 4.78 is 65.9. The van der Waals surface area contributed by atoms with E-state index >= 15 is 0 Å². The van der Waals surface area contributed by atoms with E-state index in [-0.39, 0.29) is 17.2 Å². The Bertz CT molecular complexity index is 2210. The summed E-state index contributed by atoms with van der Waals surface area (Å²) in [6.45, 7) is 6.68. The van der Waals surface area contributed by atoms with Crippen LogP contribution in [-0.4, -0.2) is 94.5 Å². The lowest BCUT2D eigenvalue weighted by Gasteiger charge is -2.32. The molecule has 2 fully saturated rings. The van der Waals surface area contributed by atoms with Gasteiger partial charge in [-0.05, 0) is 93.8 Å². The highest BCUT2D eigenvalue weighted by Gasteiger charge is 2.34. The van der Waals surface area contributed by atoms with Gasteiger partial charge in [-0.15, -0.1) is 0 Å². The molecular weight excluding hydrogens is 732 g/mol. The van der Waals surface area contributed by atoms with Crippen LogP contribution in [0.2, 0.25) is 0 Å². The van der Waals surface area contributed by atoms with Crippen LogP contribution < -0.4 is 31.6 Å². The third kappa shape index (κ3) is 10.3. The standard InChI is InChI=1S/C24H26F4N4O2.C16H22N4O2/c1-34-18-3-5-21-22(13-18)32(23(33)15-30-21)11-10-31-8-6-17(7-9-31)29-14-16-2-4-19(20(25)12-16)24(26,27)28;1-22-13-2-3-14-15(10-13)20(16(21)11-18-14)9-8-19-6-4-12(17)5-7-19/h2-5,12-13,15,17,29H,6-11,14H2,1H3;2-3,10-12H,4-9,17H2,1H3. The molecule has 5 aromatic rings. The minimum atomic E-state index is -4.69. The summed E-state index contributed by atoms with van der Waals surface area (Å²) in [6, 6.07) is 14.6. The molecule has 2 aromatic heterocycles. The Hall–Kier alpha value is -4.90. The van der Waals surface area contributed by atoms with E-state index in [2.05, 4.69) is 25.1 Å². The van der Waals surface area contributed by atoms with E-state index in [1.54, 1.807) is 29.4 Å². The van der Waals surface area contributed by atoms with Crippen molar-refractivity contribution in [3.8, 4) is 11.5 Å². The van der Waals surface area contributed by atoms with Gasteiger partial charge in [-0.2, -0.15) is 13.2 Å². The van der Waals surface area contributed by atoms with Crippen LogP contribution in [0.4, 0.5) is 17.6 Å². The van der Waals surface area contributed by atoms with Gasteiger partial charge in [-0.3, -0.25) is 9.59 Å².